The van der Waals surface area contributed by atoms with Crippen LogP contribution in [0.1, 0.15) is 52.4 Å². The number of nitrogens with one attached hydrogen (secondary N) is 1. The van der Waals surface area contributed by atoms with E-state index in [4.69, 9.17) is 5.11 Å². The Morgan fingerprint density at radius 1 is 1.42 bits per heavy atom. The van der Waals surface area contributed by atoms with Crippen LogP contribution in [0, 0.1) is 5.92 Å². The maximum absolute atomic E-state index is 12.1. The van der Waals surface area contributed by atoms with Crippen LogP contribution in [0.4, 0.5) is 4.79 Å². The Morgan fingerprint density at radius 3 is 2.74 bits per heavy atom. The van der Waals surface area contributed by atoms with Crippen LogP contribution in [0.15, 0.2) is 0 Å². The summed E-state index contributed by atoms with van der Waals surface area (Å²) in [6.07, 6.45) is 4.83. The highest BCUT2D eigenvalue weighted by Gasteiger charge is 2.27. The van der Waals surface area contributed by atoms with Gasteiger partial charge in [0.05, 0.1) is 0 Å². The van der Waals surface area contributed by atoms with Crippen molar-refractivity contribution in [2.24, 2.45) is 5.92 Å². The second-order valence-corrected chi connectivity index (χ2v) is 5.38. The van der Waals surface area contributed by atoms with Gasteiger partial charge in [-0.05, 0) is 31.6 Å². The summed E-state index contributed by atoms with van der Waals surface area (Å²) in [5, 5.41) is 11.7. The Kier molecular flexibility index (Phi) is 6.67. The Balaban J connectivity index is 2.32. The van der Waals surface area contributed by atoms with E-state index in [1.807, 2.05) is 4.90 Å². The minimum absolute atomic E-state index is 0.0122. The predicted octanol–water partition coefficient (Wildman–Crippen LogP) is 2.46. The third-order valence-corrected chi connectivity index (χ3v) is 3.80. The van der Waals surface area contributed by atoms with E-state index in [0.29, 0.717) is 18.9 Å². The summed E-state index contributed by atoms with van der Waals surface area (Å²) in [6, 6.07) is 0.272. The molecule has 110 valence electrons. The van der Waals surface area contributed by atoms with E-state index in [0.717, 1.165) is 32.2 Å². The minimum atomic E-state index is -0.753. The number of carboxylic acids is 1. The fourth-order valence-corrected chi connectivity index (χ4v) is 2.57. The average molecular weight is 270 g/mol. The fraction of sp³-hybridized carbons (Fsp3) is 0.857. The van der Waals surface area contributed by atoms with Crippen LogP contribution < -0.4 is 5.32 Å². The molecule has 2 atom stereocenters. The van der Waals surface area contributed by atoms with E-state index >= 15 is 0 Å². The number of amides is 2. The molecule has 0 radical (unpaired) electrons. The van der Waals surface area contributed by atoms with Gasteiger partial charge in [0.25, 0.3) is 0 Å². The van der Waals surface area contributed by atoms with E-state index < -0.39 is 5.97 Å². The highest BCUT2D eigenvalue weighted by molar-refractivity contribution is 5.74. The number of aliphatic carboxylic acids is 1. The van der Waals surface area contributed by atoms with E-state index in [9.17, 15) is 9.59 Å². The average Bonchev–Trinajstić information content (AvgIpc) is 2.84. The first-order chi connectivity index (χ1) is 9.06. The molecule has 0 aromatic carbocycles. The molecule has 0 aromatic rings. The van der Waals surface area contributed by atoms with Crippen molar-refractivity contribution in [3.8, 4) is 0 Å². The quantitative estimate of drug-likeness (QED) is 0.746. The Morgan fingerprint density at radius 2 is 2.16 bits per heavy atom. The molecule has 0 bridgehead atoms. The van der Waals surface area contributed by atoms with Crippen molar-refractivity contribution >= 4 is 12.0 Å². The number of carbonyl (C=O) groups is 2. The van der Waals surface area contributed by atoms with Crippen molar-refractivity contribution in [3.05, 3.63) is 0 Å². The molecule has 0 spiro atoms. The number of carboxylic acid groups (broad SMARTS) is 1. The molecule has 1 rings (SSSR count). The number of urea groups is 1. The van der Waals surface area contributed by atoms with E-state index in [-0.39, 0.29) is 18.5 Å². The molecule has 5 nitrogen and oxygen atoms in total. The molecule has 1 saturated heterocycles. The first kappa shape index (κ1) is 15.8. The van der Waals surface area contributed by atoms with Gasteiger partial charge in [0.15, 0.2) is 0 Å². The SMILES string of the molecule is CCCC(CC)NC(=O)N1CCC(CCC(=O)O)C1. The van der Waals surface area contributed by atoms with Gasteiger partial charge in [-0.25, -0.2) is 4.79 Å². The highest BCUT2D eigenvalue weighted by Crippen LogP contribution is 2.21. The monoisotopic (exact) mass is 270 g/mol. The second kappa shape index (κ2) is 8.02. The highest BCUT2D eigenvalue weighted by atomic mass is 16.4. The molecule has 2 unspecified atom stereocenters. The normalized spacial score (nSPS) is 20.3. The largest absolute Gasteiger partial charge is 0.481 e. The smallest absolute Gasteiger partial charge is 0.317 e. The van der Waals surface area contributed by atoms with Crippen LogP contribution in [0.2, 0.25) is 0 Å². The lowest BCUT2D eigenvalue weighted by molar-refractivity contribution is -0.137. The lowest BCUT2D eigenvalue weighted by Gasteiger charge is -2.22. The lowest BCUT2D eigenvalue weighted by Crippen LogP contribution is -2.43. The molecule has 1 aliphatic rings. The molecule has 2 amide bonds. The molecule has 0 saturated carbocycles. The zero-order valence-corrected chi connectivity index (χ0v) is 12.0. The van der Waals surface area contributed by atoms with Crippen molar-refractivity contribution in [2.45, 2.75) is 58.4 Å². The standard InChI is InChI=1S/C14H26N2O3/c1-3-5-12(4-2)15-14(19)16-9-8-11(10-16)6-7-13(17)18/h11-12H,3-10H2,1-2H3,(H,15,19)(H,17,18). The first-order valence-corrected chi connectivity index (χ1v) is 7.34. The van der Waals surface area contributed by atoms with Crippen molar-refractivity contribution in [3.63, 3.8) is 0 Å². The fourth-order valence-electron chi connectivity index (χ4n) is 2.57. The predicted molar refractivity (Wildman–Crippen MR) is 74.1 cm³/mol. The molecular weight excluding hydrogens is 244 g/mol. The number of hydrogen-bond acceptors (Lipinski definition) is 2. The summed E-state index contributed by atoms with van der Waals surface area (Å²) < 4.78 is 0. The van der Waals surface area contributed by atoms with Gasteiger partial charge in [0.2, 0.25) is 0 Å². The van der Waals surface area contributed by atoms with Gasteiger partial charge >= 0.3 is 12.0 Å². The molecule has 19 heavy (non-hydrogen) atoms. The molecule has 1 heterocycles. The van der Waals surface area contributed by atoms with Crippen LogP contribution in [0.5, 0.6) is 0 Å². The van der Waals surface area contributed by atoms with Crippen LogP contribution in [-0.4, -0.2) is 41.1 Å². The molecule has 0 aromatic heterocycles. The number of nitrogens with zero attached hydrogens (tertiary/aromatic N) is 1. The number of likely N-dealkylation sites (tertiary alicyclic amines) is 1. The van der Waals surface area contributed by atoms with Gasteiger partial charge in [-0.2, -0.15) is 0 Å². The summed E-state index contributed by atoms with van der Waals surface area (Å²) in [6.45, 7) is 5.65. The number of hydrogen-bond donors (Lipinski definition) is 2. The molecule has 0 aliphatic carbocycles. The van der Waals surface area contributed by atoms with Crippen LogP contribution >= 0.6 is 0 Å². The van der Waals surface area contributed by atoms with Crippen molar-refractivity contribution in [1.82, 2.24) is 10.2 Å². The summed E-state index contributed by atoms with van der Waals surface area (Å²) in [5.41, 5.74) is 0. The maximum atomic E-state index is 12.1. The molecule has 2 N–H and O–H groups in total. The van der Waals surface area contributed by atoms with Crippen LogP contribution in [0.25, 0.3) is 0 Å². The zero-order chi connectivity index (χ0) is 14.3. The van der Waals surface area contributed by atoms with Gasteiger partial charge in [0.1, 0.15) is 0 Å². The minimum Gasteiger partial charge on any atom is -0.481 e. The van der Waals surface area contributed by atoms with Gasteiger partial charge < -0.3 is 15.3 Å². The first-order valence-electron chi connectivity index (χ1n) is 7.34. The maximum Gasteiger partial charge on any atom is 0.317 e. The van der Waals surface area contributed by atoms with E-state index in [1.165, 1.54) is 0 Å². The Bertz CT molecular complexity index is 307. The Labute approximate surface area is 115 Å². The zero-order valence-electron chi connectivity index (χ0n) is 12.0. The van der Waals surface area contributed by atoms with Crippen LogP contribution in [-0.2, 0) is 4.79 Å². The second-order valence-electron chi connectivity index (χ2n) is 5.38. The molecule has 1 aliphatic heterocycles. The number of carbonyl (C=O) groups excluding carboxylic acids is 1. The third-order valence-electron chi connectivity index (χ3n) is 3.80. The van der Waals surface area contributed by atoms with Gasteiger partial charge in [-0.15, -0.1) is 0 Å². The van der Waals surface area contributed by atoms with Crippen molar-refractivity contribution in [1.29, 1.82) is 0 Å². The lowest BCUT2D eigenvalue weighted by atomic mass is 10.0. The Hall–Kier alpha value is -1.26. The number of rotatable bonds is 7. The topological polar surface area (TPSA) is 69.6 Å². The summed E-state index contributed by atoms with van der Waals surface area (Å²) >= 11 is 0. The van der Waals surface area contributed by atoms with Crippen molar-refractivity contribution in [2.75, 3.05) is 13.1 Å². The van der Waals surface area contributed by atoms with Gasteiger partial charge in [-0.1, -0.05) is 20.3 Å². The van der Waals surface area contributed by atoms with Gasteiger partial charge in [-0.3, -0.25) is 4.79 Å². The summed E-state index contributed by atoms with van der Waals surface area (Å²) in [5.74, 6) is -0.412. The molecule has 1 fully saturated rings. The summed E-state index contributed by atoms with van der Waals surface area (Å²) in [4.78, 5) is 24.4. The van der Waals surface area contributed by atoms with E-state index in [1.54, 1.807) is 0 Å². The third kappa shape index (κ3) is 5.49. The van der Waals surface area contributed by atoms with Crippen LogP contribution in [0.3, 0.4) is 0 Å². The summed E-state index contributed by atoms with van der Waals surface area (Å²) in [7, 11) is 0. The van der Waals surface area contributed by atoms with Gasteiger partial charge in [0, 0.05) is 25.6 Å². The van der Waals surface area contributed by atoms with E-state index in [2.05, 4.69) is 19.2 Å². The molecule has 5 heteroatoms. The molecular formula is C14H26N2O3. The van der Waals surface area contributed by atoms with Crippen molar-refractivity contribution < 1.29 is 14.7 Å².